The average molecular weight is 351 g/mol. The minimum Gasteiger partial charge on any atom is -0.480 e. The fourth-order valence-electron chi connectivity index (χ4n) is 0.741. The van der Waals surface area contributed by atoms with Gasteiger partial charge in [-0.1, -0.05) is 41.5 Å². The zero-order chi connectivity index (χ0) is 18.0. The van der Waals surface area contributed by atoms with E-state index in [1.54, 1.807) is 41.5 Å². The predicted octanol–water partition coefficient (Wildman–Crippen LogP) is -0.576. The van der Waals surface area contributed by atoms with Gasteiger partial charge < -0.3 is 26.1 Å². The first-order valence-electron chi connectivity index (χ1n) is 5.93. The van der Waals surface area contributed by atoms with E-state index in [2.05, 4.69) is 0 Å². The number of nitrogens with zero attached hydrogens (tertiary/aromatic N) is 1. The number of halogens is 1. The van der Waals surface area contributed by atoms with Crippen molar-refractivity contribution in [2.24, 2.45) is 21.9 Å². The molecule has 0 aliphatic carbocycles. The minimum absolute atomic E-state index is 0. The number of carboxylic acid groups (broad SMARTS) is 2. The Morgan fingerprint density at radius 1 is 1.05 bits per heavy atom. The summed E-state index contributed by atoms with van der Waals surface area (Å²) in [6.07, 6.45) is 0. The first-order valence-corrected chi connectivity index (χ1v) is 6.36. The summed E-state index contributed by atoms with van der Waals surface area (Å²) in [5.41, 5.74) is 4.60. The summed E-state index contributed by atoms with van der Waals surface area (Å²) in [6.45, 7) is 10.8. The van der Waals surface area contributed by atoms with Crippen molar-refractivity contribution < 1.29 is 49.4 Å². The van der Waals surface area contributed by atoms with Gasteiger partial charge >= 0.3 is 41.5 Å². The second kappa shape index (κ2) is 13.1. The molecule has 0 fully saturated rings. The van der Waals surface area contributed by atoms with E-state index in [1.807, 2.05) is 0 Å². The van der Waals surface area contributed by atoms with E-state index >= 15 is 0 Å². The second-order valence-corrected chi connectivity index (χ2v) is 6.76. The molecule has 0 saturated carbocycles. The van der Waals surface area contributed by atoms with Crippen LogP contribution in [0.2, 0.25) is 0 Å². The van der Waals surface area contributed by atoms with Gasteiger partial charge in [-0.2, -0.15) is 0 Å². The first kappa shape index (κ1) is 29.6. The molecule has 0 rings (SSSR count). The molecule has 0 unspecified atom stereocenters. The monoisotopic (exact) mass is 350 g/mol. The SMILES string of the molecule is CC(C)(C)[C@H](Cl)C(=O)O.CC(C)(C)[C@H](N)C(=O)O.O=N[O-].[Na+]. The molecule has 10 heteroatoms. The number of nitrogens with two attached hydrogens (primary N) is 1. The van der Waals surface area contributed by atoms with Crippen LogP contribution in [0, 0.1) is 20.9 Å². The van der Waals surface area contributed by atoms with Gasteiger partial charge in [0.2, 0.25) is 0 Å². The third kappa shape index (κ3) is 17.6. The Morgan fingerprint density at radius 2 is 1.32 bits per heavy atom. The molecule has 8 nitrogen and oxygen atoms in total. The smallest absolute Gasteiger partial charge is 0.480 e. The molecule has 0 radical (unpaired) electrons. The molecule has 0 heterocycles. The Hall–Kier alpha value is -0.410. The quantitative estimate of drug-likeness (QED) is 0.260. The van der Waals surface area contributed by atoms with Crippen LogP contribution in [-0.2, 0) is 9.59 Å². The molecule has 0 saturated heterocycles. The molecule has 0 aromatic carbocycles. The zero-order valence-corrected chi connectivity index (χ0v) is 16.8. The molecule has 0 aliphatic rings. The number of rotatable bonds is 2. The van der Waals surface area contributed by atoms with Gasteiger partial charge in [0.1, 0.15) is 11.4 Å². The minimum atomic E-state index is -0.954. The maximum atomic E-state index is 10.2. The summed E-state index contributed by atoms with van der Waals surface area (Å²) < 4.78 is 0. The van der Waals surface area contributed by atoms with E-state index < -0.39 is 23.4 Å². The van der Waals surface area contributed by atoms with Crippen molar-refractivity contribution in [3.05, 3.63) is 10.1 Å². The Bertz CT molecular complexity index is 311. The van der Waals surface area contributed by atoms with E-state index in [1.165, 1.54) is 0 Å². The third-order valence-electron chi connectivity index (χ3n) is 2.18. The van der Waals surface area contributed by atoms with Crippen molar-refractivity contribution in [3.63, 3.8) is 0 Å². The molecule has 0 bridgehead atoms. The number of hydrogen-bond donors (Lipinski definition) is 3. The van der Waals surface area contributed by atoms with Crippen LogP contribution >= 0.6 is 11.6 Å². The van der Waals surface area contributed by atoms with Crippen LogP contribution in [-0.4, -0.2) is 33.6 Å². The first-order chi connectivity index (χ1) is 9.12. The topological polar surface area (TPSA) is 153 Å². The summed E-state index contributed by atoms with van der Waals surface area (Å²) in [6, 6.07) is -0.766. The molecular formula is C12H24ClN2NaO6. The van der Waals surface area contributed by atoms with Crippen molar-refractivity contribution in [3.8, 4) is 0 Å². The van der Waals surface area contributed by atoms with E-state index in [9.17, 15) is 9.59 Å². The molecule has 2 atom stereocenters. The summed E-state index contributed by atoms with van der Waals surface area (Å²) >= 11 is 5.49. The second-order valence-electron chi connectivity index (χ2n) is 6.32. The molecule has 0 aromatic rings. The standard InChI is InChI=1S/C6H11ClO2.C6H13NO2.HNO2.Na/c2*1-6(2,3)4(7)5(8)9;2-1-3;/h4H,1-3H3,(H,8,9);4H,7H2,1-3H3,(H,8,9);(H,2,3);/q;;;+1/p-1/t2*4-;;/m11../s1. The fraction of sp³-hybridized carbons (Fsp3) is 0.833. The largest absolute Gasteiger partial charge is 1.00 e. The van der Waals surface area contributed by atoms with E-state index in [4.69, 9.17) is 37.7 Å². The molecule has 0 aromatic heterocycles. The molecular weight excluding hydrogens is 327 g/mol. The number of alkyl halides is 1. The Kier molecular flexibility index (Phi) is 17.6. The maximum absolute atomic E-state index is 10.2. The summed E-state index contributed by atoms with van der Waals surface area (Å²) in [5.74, 6) is -1.90. The number of hydrogen-bond acceptors (Lipinski definition) is 6. The van der Waals surface area contributed by atoms with Crippen molar-refractivity contribution in [1.82, 2.24) is 0 Å². The third-order valence-corrected chi connectivity index (χ3v) is 3.02. The van der Waals surface area contributed by atoms with E-state index in [0.29, 0.717) is 0 Å². The van der Waals surface area contributed by atoms with Crippen LogP contribution in [0.5, 0.6) is 0 Å². The van der Waals surface area contributed by atoms with Crippen LogP contribution in [0.1, 0.15) is 41.5 Å². The molecule has 126 valence electrons. The molecule has 0 spiro atoms. The van der Waals surface area contributed by atoms with E-state index in [0.717, 1.165) is 5.34 Å². The Balaban J connectivity index is -0.000000120. The van der Waals surface area contributed by atoms with Gasteiger partial charge in [-0.15, -0.1) is 16.9 Å². The zero-order valence-electron chi connectivity index (χ0n) is 14.1. The molecule has 4 N–H and O–H groups in total. The van der Waals surface area contributed by atoms with Crippen molar-refractivity contribution >= 4 is 23.5 Å². The predicted molar refractivity (Wildman–Crippen MR) is 81.0 cm³/mol. The summed E-state index contributed by atoms with van der Waals surface area (Å²) in [7, 11) is 0. The molecule has 0 aliphatic heterocycles. The van der Waals surface area contributed by atoms with Gasteiger partial charge in [0.15, 0.2) is 0 Å². The number of aliphatic carboxylic acids is 2. The Labute approximate surface area is 157 Å². The van der Waals surface area contributed by atoms with Crippen LogP contribution in [0.15, 0.2) is 5.34 Å². The Morgan fingerprint density at radius 3 is 1.32 bits per heavy atom. The van der Waals surface area contributed by atoms with Crippen molar-refractivity contribution in [1.29, 1.82) is 0 Å². The fourth-order valence-corrected chi connectivity index (χ4v) is 0.741. The maximum Gasteiger partial charge on any atom is 1.00 e. The van der Waals surface area contributed by atoms with Gasteiger partial charge in [0.05, 0.1) is 0 Å². The van der Waals surface area contributed by atoms with Crippen LogP contribution in [0.3, 0.4) is 0 Å². The van der Waals surface area contributed by atoms with Gasteiger partial charge in [-0.25, -0.2) is 0 Å². The molecule has 22 heavy (non-hydrogen) atoms. The van der Waals surface area contributed by atoms with Crippen molar-refractivity contribution in [2.45, 2.75) is 53.0 Å². The summed E-state index contributed by atoms with van der Waals surface area (Å²) in [5, 5.41) is 25.0. The summed E-state index contributed by atoms with van der Waals surface area (Å²) in [4.78, 5) is 28.4. The van der Waals surface area contributed by atoms with Gasteiger partial charge in [0.25, 0.3) is 0 Å². The average Bonchev–Trinajstić information content (AvgIpc) is 2.26. The number of carbonyl (C=O) groups is 2. The molecule has 0 amide bonds. The van der Waals surface area contributed by atoms with Crippen molar-refractivity contribution in [2.75, 3.05) is 0 Å². The normalized spacial score (nSPS) is 12.9. The van der Waals surface area contributed by atoms with Gasteiger partial charge in [-0.3, -0.25) is 9.59 Å². The van der Waals surface area contributed by atoms with Crippen LogP contribution in [0.25, 0.3) is 0 Å². The van der Waals surface area contributed by atoms with Crippen LogP contribution < -0.4 is 35.3 Å². The van der Waals surface area contributed by atoms with Gasteiger partial charge in [0, 0.05) is 0 Å². The van der Waals surface area contributed by atoms with Crippen LogP contribution in [0.4, 0.5) is 0 Å². The van der Waals surface area contributed by atoms with E-state index in [-0.39, 0.29) is 40.4 Å². The number of carboxylic acids is 2. The van der Waals surface area contributed by atoms with Gasteiger partial charge in [-0.05, 0) is 10.8 Å².